The Kier molecular flexibility index (Phi) is 11.8. The smallest absolute Gasteiger partial charge is 0.167 e. The first-order valence-corrected chi connectivity index (χ1v) is 17.4. The summed E-state index contributed by atoms with van der Waals surface area (Å²) in [5.41, 5.74) is 8.37. The summed E-state index contributed by atoms with van der Waals surface area (Å²) < 4.78 is 25.4. The second-order valence-electron chi connectivity index (χ2n) is 12.7. The molecule has 0 N–H and O–H groups in total. The summed E-state index contributed by atoms with van der Waals surface area (Å²) in [7, 11) is 0. The van der Waals surface area contributed by atoms with E-state index in [-0.39, 0.29) is 12.2 Å². The van der Waals surface area contributed by atoms with Crippen molar-refractivity contribution in [3.63, 3.8) is 0 Å². The number of aryl methyl sites for hydroxylation is 1. The maximum absolute atomic E-state index is 14.4. The molecule has 0 amide bonds. The molecule has 0 bridgehead atoms. The Morgan fingerprint density at radius 2 is 0.902 bits per heavy atom. The third-order valence-corrected chi connectivity index (χ3v) is 9.06. The second-order valence-corrected chi connectivity index (χ2v) is 12.7. The maximum atomic E-state index is 14.4. The molecule has 0 atom stereocenters. The Hall–Kier alpha value is -5.81. The van der Waals surface area contributed by atoms with Gasteiger partial charge in [-0.05, 0) is 72.2 Å². The monoisotopic (exact) mass is 676 g/mol. The van der Waals surface area contributed by atoms with Gasteiger partial charge >= 0.3 is 0 Å². The molecule has 0 unspecified atom stereocenters. The number of Topliss-reactive ketones (excluding diaryl/α,β-unsaturated/α-hetero) is 1. The number of carbonyl (C=O) groups excluding carboxylic acids is 1. The molecule has 0 saturated heterocycles. The predicted octanol–water partition coefficient (Wildman–Crippen LogP) is 10.7. The van der Waals surface area contributed by atoms with Crippen LogP contribution in [0, 0.1) is 20.8 Å². The number of rotatable bonds is 16. The van der Waals surface area contributed by atoms with Crippen LogP contribution in [-0.2, 0) is 32.8 Å². The van der Waals surface area contributed by atoms with Crippen molar-refractivity contribution < 1.29 is 23.7 Å². The van der Waals surface area contributed by atoms with E-state index in [1.807, 2.05) is 160 Å². The van der Waals surface area contributed by atoms with Crippen molar-refractivity contribution in [3.8, 4) is 23.0 Å². The zero-order valence-corrected chi connectivity index (χ0v) is 29.6. The van der Waals surface area contributed by atoms with Crippen LogP contribution >= 0.6 is 0 Å². The molecular formula is C46H44O5. The fourth-order valence-corrected chi connectivity index (χ4v) is 6.10. The highest BCUT2D eigenvalue weighted by Gasteiger charge is 2.25. The van der Waals surface area contributed by atoms with Crippen LogP contribution in [0.4, 0.5) is 0 Å². The molecule has 0 spiro atoms. The molecule has 6 rings (SSSR count). The molecule has 258 valence electrons. The van der Waals surface area contributed by atoms with Gasteiger partial charge in [0.2, 0.25) is 0 Å². The molecule has 0 aliphatic heterocycles. The normalized spacial score (nSPS) is 10.8. The fraction of sp³-hybridized carbons (Fsp3) is 0.196. The van der Waals surface area contributed by atoms with Crippen LogP contribution in [0.15, 0.2) is 140 Å². The SMILES string of the molecule is Cc1c(C)c(OCc2ccccc2)c(C(=O)CCc2ccc(OCc3ccccc3)cc2OCc2ccccc2)c(C)c1OCc1ccccc1. The first-order chi connectivity index (χ1) is 25.0. The number of benzene rings is 6. The van der Waals surface area contributed by atoms with Crippen LogP contribution in [0.2, 0.25) is 0 Å². The van der Waals surface area contributed by atoms with Crippen molar-refractivity contribution in [2.45, 2.75) is 60.0 Å². The second kappa shape index (κ2) is 17.2. The van der Waals surface area contributed by atoms with Gasteiger partial charge in [-0.25, -0.2) is 0 Å². The molecule has 51 heavy (non-hydrogen) atoms. The number of ketones is 1. The quantitative estimate of drug-likeness (QED) is 0.0955. The average molecular weight is 677 g/mol. The minimum atomic E-state index is -0.0124. The van der Waals surface area contributed by atoms with Gasteiger partial charge in [-0.3, -0.25) is 4.79 Å². The lowest BCUT2D eigenvalue weighted by Gasteiger charge is -2.22. The minimum Gasteiger partial charge on any atom is -0.489 e. The van der Waals surface area contributed by atoms with E-state index in [1.54, 1.807) is 0 Å². The molecule has 6 aromatic rings. The molecule has 0 heterocycles. The lowest BCUT2D eigenvalue weighted by Crippen LogP contribution is -2.13. The fourth-order valence-electron chi connectivity index (χ4n) is 6.10. The van der Waals surface area contributed by atoms with Crippen molar-refractivity contribution in [3.05, 3.63) is 190 Å². The lowest BCUT2D eigenvalue weighted by atomic mass is 9.92. The zero-order chi connectivity index (χ0) is 35.4. The summed E-state index contributed by atoms with van der Waals surface area (Å²) >= 11 is 0. The molecule has 0 saturated carbocycles. The molecule has 5 nitrogen and oxygen atoms in total. The van der Waals surface area contributed by atoms with Gasteiger partial charge in [0.25, 0.3) is 0 Å². The Morgan fingerprint density at radius 3 is 1.41 bits per heavy atom. The Labute approximate surface area is 301 Å². The third-order valence-electron chi connectivity index (χ3n) is 9.06. The number of hydrogen-bond acceptors (Lipinski definition) is 5. The topological polar surface area (TPSA) is 54.0 Å². The van der Waals surface area contributed by atoms with Gasteiger partial charge < -0.3 is 18.9 Å². The van der Waals surface area contributed by atoms with E-state index in [4.69, 9.17) is 18.9 Å². The average Bonchev–Trinajstić information content (AvgIpc) is 3.18. The van der Waals surface area contributed by atoms with E-state index < -0.39 is 0 Å². The van der Waals surface area contributed by atoms with Gasteiger partial charge in [0.1, 0.15) is 49.4 Å². The van der Waals surface area contributed by atoms with Crippen molar-refractivity contribution in [1.82, 2.24) is 0 Å². The maximum Gasteiger partial charge on any atom is 0.167 e. The number of ether oxygens (including phenoxy) is 4. The first kappa shape index (κ1) is 35.0. The summed E-state index contributed by atoms with van der Waals surface area (Å²) in [4.78, 5) is 14.4. The Morgan fingerprint density at radius 1 is 0.471 bits per heavy atom. The van der Waals surface area contributed by atoms with Crippen molar-refractivity contribution in [1.29, 1.82) is 0 Å². The van der Waals surface area contributed by atoms with E-state index >= 15 is 0 Å². The van der Waals surface area contributed by atoms with Crippen LogP contribution in [0.3, 0.4) is 0 Å². The lowest BCUT2D eigenvalue weighted by molar-refractivity contribution is 0.0976. The molecule has 0 aromatic heterocycles. The van der Waals surface area contributed by atoms with Gasteiger partial charge in [0, 0.05) is 18.1 Å². The van der Waals surface area contributed by atoms with Crippen molar-refractivity contribution >= 4 is 5.78 Å². The largest absolute Gasteiger partial charge is 0.489 e. The molecule has 5 heteroatoms. The molecule has 0 fully saturated rings. The summed E-state index contributed by atoms with van der Waals surface area (Å²) in [5, 5.41) is 0. The molecular weight excluding hydrogens is 633 g/mol. The van der Waals surface area contributed by atoms with Crippen LogP contribution in [-0.4, -0.2) is 5.78 Å². The van der Waals surface area contributed by atoms with E-state index in [0.717, 1.165) is 50.3 Å². The van der Waals surface area contributed by atoms with E-state index in [0.29, 0.717) is 55.7 Å². The Bertz CT molecular complexity index is 2020. The molecule has 0 aliphatic carbocycles. The molecule has 0 aliphatic rings. The van der Waals surface area contributed by atoms with Crippen LogP contribution in [0.5, 0.6) is 23.0 Å². The summed E-state index contributed by atoms with van der Waals surface area (Å²) in [6.45, 7) is 7.61. The number of hydrogen-bond donors (Lipinski definition) is 0. The predicted molar refractivity (Wildman–Crippen MR) is 203 cm³/mol. The first-order valence-electron chi connectivity index (χ1n) is 17.4. The number of carbonyl (C=O) groups is 1. The van der Waals surface area contributed by atoms with Crippen LogP contribution in [0.25, 0.3) is 0 Å². The summed E-state index contributed by atoms with van der Waals surface area (Å²) in [5.74, 6) is 2.72. The van der Waals surface area contributed by atoms with E-state index in [1.165, 1.54) is 0 Å². The van der Waals surface area contributed by atoms with Crippen LogP contribution in [0.1, 0.15) is 61.3 Å². The van der Waals surface area contributed by atoms with Crippen LogP contribution < -0.4 is 18.9 Å². The highest BCUT2D eigenvalue weighted by atomic mass is 16.5. The molecule has 0 radical (unpaired) electrons. The Balaban J connectivity index is 1.27. The highest BCUT2D eigenvalue weighted by molar-refractivity contribution is 6.01. The summed E-state index contributed by atoms with van der Waals surface area (Å²) in [6.07, 6.45) is 0.738. The molecule has 6 aromatic carbocycles. The summed E-state index contributed by atoms with van der Waals surface area (Å²) in [6, 6.07) is 46.1. The van der Waals surface area contributed by atoms with Gasteiger partial charge in [0.15, 0.2) is 5.78 Å². The standard InChI is InChI=1S/C46H44O5/c1-33-34(2)46(51-32-39-22-14-7-15-23-39)44(35(3)45(33)50-31-38-20-12-6-13-21-38)42(47)27-25-40-24-26-41(48-29-36-16-8-4-9-17-36)28-43(40)49-30-37-18-10-5-11-19-37/h4-24,26,28H,25,27,29-32H2,1-3H3. The van der Waals surface area contributed by atoms with Crippen molar-refractivity contribution in [2.24, 2.45) is 0 Å². The highest BCUT2D eigenvalue weighted by Crippen LogP contribution is 2.40. The van der Waals surface area contributed by atoms with E-state index in [2.05, 4.69) is 0 Å². The third kappa shape index (κ3) is 9.25. The zero-order valence-electron chi connectivity index (χ0n) is 29.6. The van der Waals surface area contributed by atoms with Gasteiger partial charge in [-0.15, -0.1) is 0 Å². The van der Waals surface area contributed by atoms with Gasteiger partial charge in [0.05, 0.1) is 5.56 Å². The van der Waals surface area contributed by atoms with Crippen molar-refractivity contribution in [2.75, 3.05) is 0 Å². The minimum absolute atomic E-state index is 0.0124. The van der Waals surface area contributed by atoms with Gasteiger partial charge in [-0.1, -0.05) is 127 Å². The van der Waals surface area contributed by atoms with Gasteiger partial charge in [-0.2, -0.15) is 0 Å². The van der Waals surface area contributed by atoms with E-state index in [9.17, 15) is 4.79 Å².